The van der Waals surface area contributed by atoms with E-state index in [1.807, 2.05) is 6.07 Å². The van der Waals surface area contributed by atoms with Crippen molar-refractivity contribution in [2.24, 2.45) is 0 Å². The minimum absolute atomic E-state index is 0. The summed E-state index contributed by atoms with van der Waals surface area (Å²) >= 11 is 0. The summed E-state index contributed by atoms with van der Waals surface area (Å²) in [6, 6.07) is 4.01. The van der Waals surface area contributed by atoms with Crippen molar-refractivity contribution in [3.63, 3.8) is 0 Å². The monoisotopic (exact) mass is 205 g/mol. The number of aryl methyl sites for hydroxylation is 1. The fraction of sp³-hybridized carbons (Fsp3) is 0.333. The number of aromatic nitrogens is 1. The van der Waals surface area contributed by atoms with E-state index >= 15 is 0 Å². The second-order valence-electron chi connectivity index (χ2n) is 2.84. The molecule has 0 fully saturated rings. The van der Waals surface area contributed by atoms with Gasteiger partial charge >= 0.3 is 0 Å². The van der Waals surface area contributed by atoms with Gasteiger partial charge in [0, 0.05) is 23.0 Å². The topological polar surface area (TPSA) is 36.7 Å². The van der Waals surface area contributed by atoms with Gasteiger partial charge in [0.2, 0.25) is 0 Å². The van der Waals surface area contributed by atoms with Crippen LogP contribution >= 0.6 is 0 Å². The van der Waals surface area contributed by atoms with E-state index in [1.54, 1.807) is 6.20 Å². The summed E-state index contributed by atoms with van der Waals surface area (Å²) in [7, 11) is 0. The third-order valence-corrected chi connectivity index (χ3v) is 2.05. The predicted molar refractivity (Wildman–Crippen MR) is 44.0 cm³/mol. The summed E-state index contributed by atoms with van der Waals surface area (Å²) < 4.78 is 0. The molecule has 0 atom stereocenters. The molecule has 1 aliphatic rings. The summed E-state index contributed by atoms with van der Waals surface area (Å²) in [6.45, 7) is 0. The molecular formula is C9H10CoN2. The van der Waals surface area contributed by atoms with Crippen molar-refractivity contribution in [1.82, 2.24) is 4.98 Å². The molecular weight excluding hydrogens is 195 g/mol. The number of rotatable bonds is 0. The van der Waals surface area contributed by atoms with Crippen LogP contribution in [-0.2, 0) is 23.2 Å². The molecule has 0 aromatic carbocycles. The zero-order valence-corrected chi connectivity index (χ0v) is 7.67. The fourth-order valence-corrected chi connectivity index (χ4v) is 1.49. The van der Waals surface area contributed by atoms with E-state index in [4.69, 9.17) is 5.41 Å². The SMILES string of the molecule is N=C1CCCc2cccnc21.[Co]. The van der Waals surface area contributed by atoms with Crippen LogP contribution in [0.4, 0.5) is 0 Å². The van der Waals surface area contributed by atoms with Crippen LogP contribution in [0.5, 0.6) is 0 Å². The number of hydrogen-bond donors (Lipinski definition) is 1. The Morgan fingerprint density at radius 2 is 2.17 bits per heavy atom. The number of nitrogens with zero attached hydrogens (tertiary/aromatic N) is 1. The van der Waals surface area contributed by atoms with E-state index in [0.717, 1.165) is 25.0 Å². The van der Waals surface area contributed by atoms with Gasteiger partial charge in [-0.05, 0) is 30.9 Å². The van der Waals surface area contributed by atoms with Gasteiger partial charge in [-0.2, -0.15) is 0 Å². The van der Waals surface area contributed by atoms with Crippen molar-refractivity contribution in [1.29, 1.82) is 5.41 Å². The summed E-state index contributed by atoms with van der Waals surface area (Å²) in [6.07, 6.45) is 4.85. The Kier molecular flexibility index (Phi) is 3.00. The van der Waals surface area contributed by atoms with E-state index in [1.165, 1.54) is 5.56 Å². The van der Waals surface area contributed by atoms with Crippen molar-refractivity contribution in [2.75, 3.05) is 0 Å². The minimum atomic E-state index is 0. The first-order valence-electron chi connectivity index (χ1n) is 3.89. The molecule has 3 heteroatoms. The number of nitrogens with one attached hydrogen (secondary N) is 1. The standard InChI is InChI=1S/C9H10N2.Co/c10-8-5-1-3-7-4-2-6-11-9(7)8;/h2,4,6,10H,1,3,5H2;. The Balaban J connectivity index is 0.000000720. The normalized spacial score (nSPS) is 14.8. The third-order valence-electron chi connectivity index (χ3n) is 2.05. The predicted octanol–water partition coefficient (Wildman–Crippen LogP) is 1.78. The van der Waals surface area contributed by atoms with Gasteiger partial charge in [0.05, 0.1) is 11.4 Å². The Hall–Kier alpha value is -0.674. The van der Waals surface area contributed by atoms with Gasteiger partial charge in [0.25, 0.3) is 0 Å². The molecule has 0 spiro atoms. The second-order valence-corrected chi connectivity index (χ2v) is 2.84. The average molecular weight is 205 g/mol. The molecule has 65 valence electrons. The first-order valence-corrected chi connectivity index (χ1v) is 3.89. The number of fused-ring (bicyclic) bond motifs is 1. The Labute approximate surface area is 82.1 Å². The molecule has 1 radical (unpaired) electrons. The van der Waals surface area contributed by atoms with Crippen LogP contribution in [0.3, 0.4) is 0 Å². The molecule has 0 bridgehead atoms. The van der Waals surface area contributed by atoms with Crippen molar-refractivity contribution in [3.05, 3.63) is 29.6 Å². The molecule has 0 aliphatic heterocycles. The van der Waals surface area contributed by atoms with Crippen molar-refractivity contribution in [3.8, 4) is 0 Å². The quantitative estimate of drug-likeness (QED) is 0.688. The molecule has 1 aromatic rings. The van der Waals surface area contributed by atoms with Gasteiger partial charge in [0.15, 0.2) is 0 Å². The number of hydrogen-bond acceptors (Lipinski definition) is 2. The van der Waals surface area contributed by atoms with Gasteiger partial charge < -0.3 is 5.41 Å². The van der Waals surface area contributed by atoms with Gasteiger partial charge in [-0.15, -0.1) is 0 Å². The molecule has 1 heterocycles. The van der Waals surface area contributed by atoms with Crippen LogP contribution in [0.2, 0.25) is 0 Å². The van der Waals surface area contributed by atoms with E-state index in [2.05, 4.69) is 11.1 Å². The van der Waals surface area contributed by atoms with Gasteiger partial charge in [-0.25, -0.2) is 0 Å². The van der Waals surface area contributed by atoms with Crippen molar-refractivity contribution in [2.45, 2.75) is 19.3 Å². The van der Waals surface area contributed by atoms with Crippen molar-refractivity contribution < 1.29 is 16.8 Å². The molecule has 2 nitrogen and oxygen atoms in total. The number of pyridine rings is 1. The zero-order chi connectivity index (χ0) is 7.68. The van der Waals surface area contributed by atoms with Crippen LogP contribution in [0.25, 0.3) is 0 Å². The zero-order valence-electron chi connectivity index (χ0n) is 6.63. The van der Waals surface area contributed by atoms with Gasteiger partial charge in [0.1, 0.15) is 0 Å². The molecule has 0 saturated carbocycles. The average Bonchev–Trinajstić information content (AvgIpc) is 2.06. The van der Waals surface area contributed by atoms with Crippen LogP contribution in [-0.4, -0.2) is 10.7 Å². The molecule has 2 rings (SSSR count). The molecule has 0 amide bonds. The summed E-state index contributed by atoms with van der Waals surface area (Å²) in [4.78, 5) is 4.18. The maximum atomic E-state index is 7.61. The smallest absolute Gasteiger partial charge is 0.0869 e. The minimum Gasteiger partial charge on any atom is -0.303 e. The second kappa shape index (κ2) is 3.82. The molecule has 0 saturated heterocycles. The summed E-state index contributed by atoms with van der Waals surface area (Å²) in [5, 5.41) is 7.61. The Morgan fingerprint density at radius 3 is 2.92 bits per heavy atom. The molecule has 1 aromatic heterocycles. The fourth-order valence-electron chi connectivity index (χ4n) is 1.49. The van der Waals surface area contributed by atoms with Crippen LogP contribution in [0.15, 0.2) is 18.3 Å². The van der Waals surface area contributed by atoms with E-state index in [-0.39, 0.29) is 16.8 Å². The first kappa shape index (κ1) is 9.41. The third kappa shape index (κ3) is 1.57. The van der Waals surface area contributed by atoms with Gasteiger partial charge in [-0.3, -0.25) is 4.98 Å². The Bertz CT molecular complexity index is 296. The van der Waals surface area contributed by atoms with Gasteiger partial charge in [-0.1, -0.05) is 6.07 Å². The largest absolute Gasteiger partial charge is 0.303 e. The molecule has 0 unspecified atom stereocenters. The van der Waals surface area contributed by atoms with E-state index < -0.39 is 0 Å². The van der Waals surface area contributed by atoms with Crippen molar-refractivity contribution >= 4 is 5.71 Å². The molecule has 1 N–H and O–H groups in total. The Morgan fingerprint density at radius 1 is 1.33 bits per heavy atom. The maximum absolute atomic E-state index is 7.61. The first-order chi connectivity index (χ1) is 5.38. The summed E-state index contributed by atoms with van der Waals surface area (Å²) in [5.74, 6) is 0. The van der Waals surface area contributed by atoms with E-state index in [9.17, 15) is 0 Å². The molecule has 12 heavy (non-hydrogen) atoms. The van der Waals surface area contributed by atoms with E-state index in [0.29, 0.717) is 5.71 Å². The molecule has 1 aliphatic carbocycles. The van der Waals surface area contributed by atoms with Crippen LogP contribution < -0.4 is 0 Å². The maximum Gasteiger partial charge on any atom is 0.0869 e. The summed E-state index contributed by atoms with van der Waals surface area (Å²) in [5.41, 5.74) is 2.86. The van der Waals surface area contributed by atoms with Crippen LogP contribution in [0.1, 0.15) is 24.1 Å². The van der Waals surface area contributed by atoms with Crippen LogP contribution in [0, 0.1) is 5.41 Å².